The Morgan fingerprint density at radius 3 is 2.70 bits per heavy atom. The van der Waals surface area contributed by atoms with Gasteiger partial charge in [-0.15, -0.1) is 6.58 Å². The topological polar surface area (TPSA) is 80.5 Å². The molecule has 4 aromatic rings. The third kappa shape index (κ3) is 4.71. The van der Waals surface area contributed by atoms with Crippen molar-refractivity contribution in [3.63, 3.8) is 0 Å². The van der Waals surface area contributed by atoms with Crippen LogP contribution in [0.1, 0.15) is 30.0 Å². The van der Waals surface area contributed by atoms with Crippen molar-refractivity contribution in [3.8, 4) is 5.69 Å². The summed E-state index contributed by atoms with van der Waals surface area (Å²) in [4.78, 5) is 27.6. The summed E-state index contributed by atoms with van der Waals surface area (Å²) in [6.45, 7) is 12.6. The minimum atomic E-state index is -0.367. The number of benzene rings is 2. The molecule has 2 aromatic heterocycles. The molecule has 0 amide bonds. The van der Waals surface area contributed by atoms with Gasteiger partial charge in [0.15, 0.2) is 5.65 Å². The van der Waals surface area contributed by atoms with Gasteiger partial charge in [-0.1, -0.05) is 12.1 Å². The summed E-state index contributed by atoms with van der Waals surface area (Å²) in [6, 6.07) is 12.7. The first kappa shape index (κ1) is 27.0. The summed E-state index contributed by atoms with van der Waals surface area (Å²) in [5.74, 6) is 0.436. The van der Waals surface area contributed by atoms with Crippen LogP contribution in [0.15, 0.2) is 60.0 Å². The van der Waals surface area contributed by atoms with Crippen LogP contribution in [0, 0.1) is 6.92 Å². The molecule has 1 aliphatic heterocycles. The third-order valence-electron chi connectivity index (χ3n) is 8.22. The number of hydrogen-bond donors (Lipinski definition) is 1. The number of fused-ring (bicyclic) bond motifs is 2. The lowest BCUT2D eigenvalue weighted by Gasteiger charge is -2.35. The first-order chi connectivity index (χ1) is 19.3. The highest BCUT2D eigenvalue weighted by Crippen LogP contribution is 2.42. The number of aromatic nitrogens is 4. The van der Waals surface area contributed by atoms with Crippen LogP contribution in [0.5, 0.6) is 0 Å². The van der Waals surface area contributed by atoms with Gasteiger partial charge in [-0.2, -0.15) is 4.98 Å². The second-order valence-corrected chi connectivity index (χ2v) is 11.4. The number of hydrogen-bond acceptors (Lipinski definition) is 7. The zero-order chi connectivity index (χ0) is 28.0. The molecule has 6 rings (SSSR count). The quantitative estimate of drug-likeness (QED) is 0.220. The maximum absolute atomic E-state index is 13.4. The van der Waals surface area contributed by atoms with E-state index >= 15 is 0 Å². The van der Waals surface area contributed by atoms with Gasteiger partial charge >= 0.3 is 0 Å². The first-order valence-corrected chi connectivity index (χ1v) is 14.5. The Morgan fingerprint density at radius 1 is 1.18 bits per heavy atom. The molecule has 0 radical (unpaired) electrons. The average molecular weight is 652 g/mol. The van der Waals surface area contributed by atoms with Crippen LogP contribution in [0.2, 0.25) is 0 Å². The summed E-state index contributed by atoms with van der Waals surface area (Å²) in [7, 11) is 2.17. The number of likely N-dealkylation sites (N-methyl/N-ethyl adjacent to an activating group) is 1. The molecule has 2 aromatic carbocycles. The van der Waals surface area contributed by atoms with Gasteiger partial charge in [0.25, 0.3) is 5.56 Å². The third-order valence-corrected chi connectivity index (χ3v) is 9.20. The molecule has 208 valence electrons. The highest BCUT2D eigenvalue weighted by atomic mass is 127. The molecular weight excluding hydrogens is 617 g/mol. The van der Waals surface area contributed by atoms with E-state index in [1.54, 1.807) is 17.0 Å². The van der Waals surface area contributed by atoms with E-state index in [0.717, 1.165) is 56.0 Å². The lowest BCUT2D eigenvalue weighted by molar-refractivity contribution is 0.152. The Balaban J connectivity index is 1.38. The number of nitrogens with one attached hydrogen (secondary N) is 1. The van der Waals surface area contributed by atoms with Crippen LogP contribution in [-0.4, -0.2) is 57.5 Å². The second kappa shape index (κ2) is 10.6. The normalized spacial score (nSPS) is 19.2. The molecule has 10 heteroatoms. The van der Waals surface area contributed by atoms with Crippen molar-refractivity contribution in [2.24, 2.45) is 0 Å². The number of piperazine rings is 1. The van der Waals surface area contributed by atoms with E-state index in [4.69, 9.17) is 8.05 Å². The van der Waals surface area contributed by atoms with Gasteiger partial charge in [0, 0.05) is 43.8 Å². The van der Waals surface area contributed by atoms with Crippen LogP contribution in [0.3, 0.4) is 0 Å². The monoisotopic (exact) mass is 651 g/mol. The molecular formula is C30H34IN7O2. The minimum absolute atomic E-state index is 0.151. The fourth-order valence-corrected chi connectivity index (χ4v) is 6.35. The van der Waals surface area contributed by atoms with E-state index < -0.39 is 0 Å². The predicted molar refractivity (Wildman–Crippen MR) is 168 cm³/mol. The number of allylic oxidation sites excluding steroid dienone is 1. The Labute approximate surface area is 248 Å². The van der Waals surface area contributed by atoms with Gasteiger partial charge in [0.2, 0.25) is 5.95 Å². The molecule has 40 heavy (non-hydrogen) atoms. The zero-order valence-electron chi connectivity index (χ0n) is 23.2. The van der Waals surface area contributed by atoms with Gasteiger partial charge in [0.1, 0.15) is 34.0 Å². The van der Waals surface area contributed by atoms with Crippen LogP contribution >= 0.6 is 23.0 Å². The summed E-state index contributed by atoms with van der Waals surface area (Å²) < 4.78 is 9.40. The lowest BCUT2D eigenvalue weighted by Crippen LogP contribution is -2.44. The van der Waals surface area contributed by atoms with Gasteiger partial charge in [-0.3, -0.25) is 4.79 Å². The maximum atomic E-state index is 13.4. The maximum Gasteiger partial charge on any atom is 0.278 e. The van der Waals surface area contributed by atoms with Crippen molar-refractivity contribution < 1.29 is 3.07 Å². The van der Waals surface area contributed by atoms with E-state index in [9.17, 15) is 4.79 Å². The molecule has 1 fully saturated rings. The summed E-state index contributed by atoms with van der Waals surface area (Å²) in [6.07, 6.45) is 5.22. The molecule has 0 saturated carbocycles. The highest BCUT2D eigenvalue weighted by Gasteiger charge is 2.35. The predicted octanol–water partition coefficient (Wildman–Crippen LogP) is 5.10. The zero-order valence-corrected chi connectivity index (χ0v) is 25.3. The molecule has 0 unspecified atom stereocenters. The Hall–Kier alpha value is -3.22. The number of anilines is 3. The van der Waals surface area contributed by atoms with Crippen molar-refractivity contribution in [3.05, 3.63) is 82.3 Å². The van der Waals surface area contributed by atoms with E-state index in [1.165, 1.54) is 16.8 Å². The molecule has 1 N–H and O–H groups in total. The summed E-state index contributed by atoms with van der Waals surface area (Å²) in [5, 5.41) is 3.82. The van der Waals surface area contributed by atoms with Crippen LogP contribution in [-0.2, 0) is 21.6 Å². The van der Waals surface area contributed by atoms with E-state index in [2.05, 4.69) is 77.9 Å². The van der Waals surface area contributed by atoms with Crippen LogP contribution < -0.4 is 15.8 Å². The van der Waals surface area contributed by atoms with Crippen molar-refractivity contribution in [1.29, 1.82) is 0 Å². The number of nitrogens with zero attached hydrogens (tertiary/aromatic N) is 6. The molecule has 0 spiro atoms. The van der Waals surface area contributed by atoms with Gasteiger partial charge in [-0.25, -0.2) is 14.3 Å². The van der Waals surface area contributed by atoms with Gasteiger partial charge < -0.3 is 18.2 Å². The molecule has 0 bridgehead atoms. The van der Waals surface area contributed by atoms with Crippen molar-refractivity contribution in [2.45, 2.75) is 38.8 Å². The fraction of sp³-hybridized carbons (Fsp3) is 0.367. The second-order valence-electron chi connectivity index (χ2n) is 11.0. The number of halogens is 1. The molecule has 9 nitrogen and oxygen atoms in total. The van der Waals surface area contributed by atoms with E-state index in [1.807, 2.05) is 33.8 Å². The first-order valence-electron chi connectivity index (χ1n) is 13.7. The van der Waals surface area contributed by atoms with Crippen molar-refractivity contribution in [2.75, 3.05) is 43.4 Å². The Kier molecular flexibility index (Phi) is 7.18. The Bertz CT molecular complexity index is 1650. The molecule has 1 atom stereocenters. The SMILES string of the molecule is C=CCn1c(=O)c2cnc(Nc3ccc(N4CCN(C)CC4)c(C)c3)nc2n1-c1ccc2c(c1)[C@@](C)(OI)CC2. The summed E-state index contributed by atoms with van der Waals surface area (Å²) >= 11 is 1.99. The van der Waals surface area contributed by atoms with E-state index in [-0.39, 0.29) is 11.2 Å². The van der Waals surface area contributed by atoms with Gasteiger partial charge in [-0.05, 0) is 80.8 Å². The van der Waals surface area contributed by atoms with E-state index in [0.29, 0.717) is 23.5 Å². The lowest BCUT2D eigenvalue weighted by atomic mass is 9.98. The standard InChI is InChI=1S/C30H34IN7O2/c1-5-12-37-28(39)24-19-32-29(33-22-7-9-26(20(2)17-22)36-15-13-35(4)14-16-36)34-27(24)38(37)23-8-6-21-10-11-30(3,40-31)25(21)18-23/h5-9,17-19H,1,10-16H2,2-4H3,(H,32,33,34)/t30-/m0/s1. The van der Waals surface area contributed by atoms with Crippen LogP contribution in [0.25, 0.3) is 16.7 Å². The largest absolute Gasteiger partial charge is 0.369 e. The smallest absolute Gasteiger partial charge is 0.278 e. The van der Waals surface area contributed by atoms with Crippen molar-refractivity contribution in [1.82, 2.24) is 24.2 Å². The summed E-state index contributed by atoms with van der Waals surface area (Å²) in [5.41, 5.74) is 6.65. The Morgan fingerprint density at radius 2 is 1.98 bits per heavy atom. The molecule has 3 heterocycles. The fourth-order valence-electron chi connectivity index (χ4n) is 5.90. The molecule has 1 saturated heterocycles. The number of aryl methyl sites for hydroxylation is 2. The molecule has 2 aliphatic rings. The van der Waals surface area contributed by atoms with Crippen molar-refractivity contribution >= 4 is 51.4 Å². The van der Waals surface area contributed by atoms with Gasteiger partial charge in [0.05, 0.1) is 12.2 Å². The minimum Gasteiger partial charge on any atom is -0.369 e. The average Bonchev–Trinajstić information content (AvgIpc) is 3.43. The highest BCUT2D eigenvalue weighted by molar-refractivity contribution is 14.1. The number of rotatable bonds is 7. The molecule has 1 aliphatic carbocycles. The van der Waals surface area contributed by atoms with Crippen LogP contribution in [0.4, 0.5) is 17.3 Å².